The molecule has 0 fully saturated rings. The van der Waals surface area contributed by atoms with E-state index in [4.69, 9.17) is 5.73 Å². The Morgan fingerprint density at radius 2 is 1.89 bits per heavy atom. The van der Waals surface area contributed by atoms with Gasteiger partial charge in [0.25, 0.3) is 0 Å². The molecule has 3 N–H and O–H groups in total. The highest BCUT2D eigenvalue weighted by molar-refractivity contribution is 5.31. The molecule has 0 aliphatic heterocycles. The lowest BCUT2D eigenvalue weighted by molar-refractivity contribution is -0.275. The van der Waals surface area contributed by atoms with Crippen molar-refractivity contribution in [1.29, 1.82) is 0 Å². The van der Waals surface area contributed by atoms with Crippen LogP contribution in [-0.4, -0.2) is 17.1 Å². The molecule has 0 bridgehead atoms. The Bertz CT molecular complexity index is 440. The molecule has 0 amide bonds. The Kier molecular flexibility index (Phi) is 4.42. The minimum absolute atomic E-state index is 0.145. The molecule has 0 spiro atoms. The average molecular weight is 281 g/mol. The van der Waals surface area contributed by atoms with Crippen LogP contribution in [0.1, 0.15) is 31.9 Å². The van der Waals surface area contributed by atoms with Crippen LogP contribution in [0.3, 0.4) is 0 Å². The van der Waals surface area contributed by atoms with E-state index in [0.29, 0.717) is 0 Å². The van der Waals surface area contributed by atoms with E-state index in [-0.39, 0.29) is 12.0 Å². The topological polar surface area (TPSA) is 55.5 Å². The summed E-state index contributed by atoms with van der Waals surface area (Å²) < 4.78 is 52.8. The molecular formula is C12H15F4NO2. The first kappa shape index (κ1) is 15.7. The Morgan fingerprint density at radius 1 is 1.32 bits per heavy atom. The van der Waals surface area contributed by atoms with Gasteiger partial charge >= 0.3 is 6.36 Å². The number of alkyl halides is 3. The van der Waals surface area contributed by atoms with Crippen LogP contribution < -0.4 is 10.5 Å². The Hall–Kier alpha value is -1.34. The molecule has 1 aromatic carbocycles. The fraction of sp³-hybridized carbons (Fsp3) is 0.500. The summed E-state index contributed by atoms with van der Waals surface area (Å²) in [6, 6.07) is 2.29. The van der Waals surface area contributed by atoms with Crippen LogP contribution in [0.2, 0.25) is 0 Å². The molecule has 0 aliphatic rings. The van der Waals surface area contributed by atoms with E-state index < -0.39 is 29.6 Å². The fourth-order valence-electron chi connectivity index (χ4n) is 1.61. The third-order valence-electron chi connectivity index (χ3n) is 2.33. The molecule has 19 heavy (non-hydrogen) atoms. The molecule has 3 nitrogen and oxygen atoms in total. The summed E-state index contributed by atoms with van der Waals surface area (Å²) in [5, 5.41) is 9.58. The zero-order valence-electron chi connectivity index (χ0n) is 10.5. The van der Waals surface area contributed by atoms with Crippen LogP contribution >= 0.6 is 0 Å². The SMILES string of the molecule is CC(C)(O)CC(N)c1ccc(OC(F)(F)F)c(F)c1. The lowest BCUT2D eigenvalue weighted by atomic mass is 9.94. The lowest BCUT2D eigenvalue weighted by Gasteiger charge is -2.22. The van der Waals surface area contributed by atoms with Gasteiger partial charge in [0, 0.05) is 6.04 Å². The van der Waals surface area contributed by atoms with E-state index in [2.05, 4.69) is 4.74 Å². The molecule has 7 heteroatoms. The molecule has 0 saturated carbocycles. The van der Waals surface area contributed by atoms with Crippen molar-refractivity contribution in [3.63, 3.8) is 0 Å². The predicted octanol–water partition coefficient (Wildman–Crippen LogP) is 2.89. The average Bonchev–Trinajstić information content (AvgIpc) is 2.16. The van der Waals surface area contributed by atoms with Crippen LogP contribution in [0.25, 0.3) is 0 Å². The van der Waals surface area contributed by atoms with Gasteiger partial charge in [-0.25, -0.2) is 4.39 Å². The minimum Gasteiger partial charge on any atom is -0.403 e. The van der Waals surface area contributed by atoms with Gasteiger partial charge in [0.05, 0.1) is 5.60 Å². The van der Waals surface area contributed by atoms with Gasteiger partial charge in [0.15, 0.2) is 11.6 Å². The minimum atomic E-state index is -4.95. The standard InChI is InChI=1S/C12H15F4NO2/c1-11(2,18)6-9(17)7-3-4-10(8(13)5-7)19-12(14,15)16/h3-5,9,18H,6,17H2,1-2H3. The number of aliphatic hydroxyl groups is 1. The maximum absolute atomic E-state index is 13.4. The number of halogens is 4. The molecular weight excluding hydrogens is 266 g/mol. The summed E-state index contributed by atoms with van der Waals surface area (Å²) in [6.45, 7) is 3.06. The molecule has 0 saturated heterocycles. The van der Waals surface area contributed by atoms with Gasteiger partial charge in [-0.05, 0) is 38.0 Å². The third kappa shape index (κ3) is 5.44. The molecule has 1 aromatic rings. The van der Waals surface area contributed by atoms with Crippen molar-refractivity contribution in [3.8, 4) is 5.75 Å². The van der Waals surface area contributed by atoms with Crippen molar-refractivity contribution in [2.75, 3.05) is 0 Å². The number of hydrogen-bond acceptors (Lipinski definition) is 3. The molecule has 0 aromatic heterocycles. The highest BCUT2D eigenvalue weighted by Crippen LogP contribution is 2.29. The maximum atomic E-state index is 13.4. The fourth-order valence-corrected chi connectivity index (χ4v) is 1.61. The summed E-state index contributed by atoms with van der Waals surface area (Å²) in [6.07, 6.45) is -4.80. The monoisotopic (exact) mass is 281 g/mol. The second-order valence-corrected chi connectivity index (χ2v) is 4.86. The van der Waals surface area contributed by atoms with Crippen LogP contribution in [0.15, 0.2) is 18.2 Å². The predicted molar refractivity (Wildman–Crippen MR) is 60.9 cm³/mol. The second kappa shape index (κ2) is 5.34. The maximum Gasteiger partial charge on any atom is 0.573 e. The van der Waals surface area contributed by atoms with Gasteiger partial charge in [0.2, 0.25) is 0 Å². The van der Waals surface area contributed by atoms with Gasteiger partial charge in [-0.3, -0.25) is 0 Å². The van der Waals surface area contributed by atoms with Gasteiger partial charge in [-0.1, -0.05) is 6.07 Å². The molecule has 108 valence electrons. The van der Waals surface area contributed by atoms with Crippen LogP contribution in [0.4, 0.5) is 17.6 Å². The smallest absolute Gasteiger partial charge is 0.403 e. The van der Waals surface area contributed by atoms with Crippen LogP contribution in [-0.2, 0) is 0 Å². The normalized spacial score (nSPS) is 14.3. The number of hydrogen-bond donors (Lipinski definition) is 2. The lowest BCUT2D eigenvalue weighted by Crippen LogP contribution is -2.26. The van der Waals surface area contributed by atoms with E-state index in [1.54, 1.807) is 0 Å². The molecule has 1 rings (SSSR count). The molecule has 0 aliphatic carbocycles. The Labute approximate surface area is 108 Å². The molecule has 1 atom stereocenters. The van der Waals surface area contributed by atoms with Gasteiger partial charge < -0.3 is 15.6 Å². The molecule has 0 heterocycles. The Balaban J connectivity index is 2.88. The molecule has 1 unspecified atom stereocenters. The first-order chi connectivity index (χ1) is 8.48. The highest BCUT2D eigenvalue weighted by Gasteiger charge is 2.32. The van der Waals surface area contributed by atoms with Crippen molar-refractivity contribution in [2.24, 2.45) is 5.73 Å². The zero-order chi connectivity index (χ0) is 14.8. The summed E-state index contributed by atoms with van der Waals surface area (Å²) in [4.78, 5) is 0. The van der Waals surface area contributed by atoms with Crippen molar-refractivity contribution < 1.29 is 27.4 Å². The highest BCUT2D eigenvalue weighted by atomic mass is 19.4. The quantitative estimate of drug-likeness (QED) is 0.834. The Morgan fingerprint density at radius 3 is 2.32 bits per heavy atom. The first-order valence-corrected chi connectivity index (χ1v) is 5.51. The van der Waals surface area contributed by atoms with Gasteiger partial charge in [-0.2, -0.15) is 0 Å². The van der Waals surface area contributed by atoms with Crippen molar-refractivity contribution >= 4 is 0 Å². The molecule has 0 radical (unpaired) electrons. The van der Waals surface area contributed by atoms with Gasteiger partial charge in [-0.15, -0.1) is 13.2 Å². The van der Waals surface area contributed by atoms with Crippen molar-refractivity contribution in [1.82, 2.24) is 0 Å². The summed E-state index contributed by atoms with van der Waals surface area (Å²) in [5.74, 6) is -2.06. The summed E-state index contributed by atoms with van der Waals surface area (Å²) in [7, 11) is 0. The summed E-state index contributed by atoms with van der Waals surface area (Å²) in [5.41, 5.74) is 4.97. The van der Waals surface area contributed by atoms with Crippen molar-refractivity contribution in [2.45, 2.75) is 38.3 Å². The second-order valence-electron chi connectivity index (χ2n) is 4.86. The number of rotatable bonds is 4. The first-order valence-electron chi connectivity index (χ1n) is 5.51. The number of ether oxygens (including phenoxy) is 1. The van der Waals surface area contributed by atoms with E-state index in [9.17, 15) is 22.7 Å². The zero-order valence-corrected chi connectivity index (χ0v) is 10.5. The van der Waals surface area contributed by atoms with Gasteiger partial charge in [0.1, 0.15) is 0 Å². The number of benzene rings is 1. The van der Waals surface area contributed by atoms with E-state index >= 15 is 0 Å². The third-order valence-corrected chi connectivity index (χ3v) is 2.33. The number of nitrogens with two attached hydrogens (primary N) is 1. The van der Waals surface area contributed by atoms with Crippen LogP contribution in [0.5, 0.6) is 5.75 Å². The van der Waals surface area contributed by atoms with E-state index in [1.165, 1.54) is 19.9 Å². The largest absolute Gasteiger partial charge is 0.573 e. The summed E-state index contributed by atoms with van der Waals surface area (Å²) >= 11 is 0. The van der Waals surface area contributed by atoms with E-state index in [0.717, 1.165) is 12.1 Å². The van der Waals surface area contributed by atoms with Crippen molar-refractivity contribution in [3.05, 3.63) is 29.6 Å². The van der Waals surface area contributed by atoms with Crippen LogP contribution in [0, 0.1) is 5.82 Å². The van der Waals surface area contributed by atoms with E-state index in [1.807, 2.05) is 0 Å².